The van der Waals surface area contributed by atoms with Gasteiger partial charge in [0.2, 0.25) is 17.8 Å². The maximum Gasteiger partial charge on any atom is 0.232 e. The number of aromatic nitrogens is 2. The number of nitrogens with zero attached hydrogens (tertiary/aromatic N) is 3. The molecule has 1 saturated heterocycles. The summed E-state index contributed by atoms with van der Waals surface area (Å²) in [4.78, 5) is 34.2. The van der Waals surface area contributed by atoms with Crippen LogP contribution in [-0.2, 0) is 9.59 Å². The number of carbonyl (C=O) groups excluding carboxylic acids is 2. The maximum absolute atomic E-state index is 13.9. The summed E-state index contributed by atoms with van der Waals surface area (Å²) < 4.78 is 27.0. The number of hydrogen-bond donors (Lipinski definition) is 1. The standard InChI is InChI=1S/C19H14F2N4O2/c20-13-5-6-16(14(21)8-13)25-10-12(7-17(25)26)18(27)24-19-22-9-11-3-1-2-4-15(11)23-19/h1-6,8-9,12H,7,10H2,(H,22,23,24,27). The van der Waals surface area contributed by atoms with Gasteiger partial charge in [-0.3, -0.25) is 14.9 Å². The molecule has 3 aromatic rings. The van der Waals surface area contributed by atoms with Crippen molar-refractivity contribution < 1.29 is 18.4 Å². The number of rotatable bonds is 3. The minimum atomic E-state index is -0.845. The number of hydrogen-bond acceptors (Lipinski definition) is 4. The number of benzene rings is 2. The highest BCUT2D eigenvalue weighted by molar-refractivity contribution is 6.03. The fourth-order valence-electron chi connectivity index (χ4n) is 3.06. The van der Waals surface area contributed by atoms with Crippen LogP contribution in [0.3, 0.4) is 0 Å². The van der Waals surface area contributed by atoms with Gasteiger partial charge in [-0.05, 0) is 18.2 Å². The van der Waals surface area contributed by atoms with Gasteiger partial charge in [0.1, 0.15) is 11.6 Å². The van der Waals surface area contributed by atoms with Gasteiger partial charge in [-0.15, -0.1) is 0 Å². The number of carbonyl (C=O) groups is 2. The Morgan fingerprint density at radius 1 is 1.19 bits per heavy atom. The molecule has 2 aromatic carbocycles. The molecule has 1 aliphatic rings. The zero-order valence-electron chi connectivity index (χ0n) is 14.0. The summed E-state index contributed by atoms with van der Waals surface area (Å²) >= 11 is 0. The summed E-state index contributed by atoms with van der Waals surface area (Å²) in [5.41, 5.74) is 0.638. The summed E-state index contributed by atoms with van der Waals surface area (Å²) in [5, 5.41) is 3.44. The number of para-hydroxylation sites is 1. The topological polar surface area (TPSA) is 75.2 Å². The molecule has 1 atom stereocenters. The van der Waals surface area contributed by atoms with Crippen molar-refractivity contribution in [2.24, 2.45) is 5.92 Å². The van der Waals surface area contributed by atoms with Crippen LogP contribution in [0.4, 0.5) is 20.4 Å². The summed E-state index contributed by atoms with van der Waals surface area (Å²) in [6, 6.07) is 10.3. The van der Waals surface area contributed by atoms with E-state index in [4.69, 9.17) is 0 Å². The van der Waals surface area contributed by atoms with Crippen molar-refractivity contribution in [3.63, 3.8) is 0 Å². The van der Waals surface area contributed by atoms with Gasteiger partial charge in [0.15, 0.2) is 0 Å². The van der Waals surface area contributed by atoms with Crippen molar-refractivity contribution in [1.82, 2.24) is 9.97 Å². The second-order valence-corrected chi connectivity index (χ2v) is 6.24. The van der Waals surface area contributed by atoms with E-state index in [0.717, 1.165) is 16.4 Å². The van der Waals surface area contributed by atoms with Crippen LogP contribution in [0.25, 0.3) is 10.9 Å². The number of amides is 2. The molecule has 8 heteroatoms. The van der Waals surface area contributed by atoms with Gasteiger partial charge < -0.3 is 4.90 Å². The molecule has 6 nitrogen and oxygen atoms in total. The van der Waals surface area contributed by atoms with Crippen LogP contribution in [-0.4, -0.2) is 28.3 Å². The lowest BCUT2D eigenvalue weighted by Gasteiger charge is -2.17. The molecule has 0 saturated carbocycles. The minimum Gasteiger partial charge on any atom is -0.309 e. The summed E-state index contributed by atoms with van der Waals surface area (Å²) in [5.74, 6) is -2.95. The summed E-state index contributed by atoms with van der Waals surface area (Å²) in [6.45, 7) is 0.000794. The van der Waals surface area contributed by atoms with Crippen molar-refractivity contribution in [2.75, 3.05) is 16.8 Å². The monoisotopic (exact) mass is 368 g/mol. The molecule has 2 amide bonds. The first-order valence-corrected chi connectivity index (χ1v) is 8.29. The summed E-state index contributed by atoms with van der Waals surface area (Å²) in [7, 11) is 0. The third-order valence-corrected chi connectivity index (χ3v) is 4.42. The number of nitrogens with one attached hydrogen (secondary N) is 1. The van der Waals surface area contributed by atoms with Gasteiger partial charge in [0, 0.05) is 30.6 Å². The molecule has 0 aliphatic carbocycles. The van der Waals surface area contributed by atoms with E-state index in [-0.39, 0.29) is 24.6 Å². The Kier molecular flexibility index (Phi) is 4.23. The Bertz CT molecular complexity index is 1060. The molecule has 0 radical (unpaired) electrons. The Morgan fingerprint density at radius 3 is 2.81 bits per heavy atom. The molecule has 1 aliphatic heterocycles. The highest BCUT2D eigenvalue weighted by Gasteiger charge is 2.36. The summed E-state index contributed by atoms with van der Waals surface area (Å²) in [6.07, 6.45) is 1.52. The van der Waals surface area contributed by atoms with Crippen LogP contribution in [0, 0.1) is 17.6 Å². The van der Waals surface area contributed by atoms with E-state index in [2.05, 4.69) is 15.3 Å². The van der Waals surface area contributed by atoms with Crippen molar-refractivity contribution in [3.8, 4) is 0 Å². The minimum absolute atomic E-state index is 0.000794. The van der Waals surface area contributed by atoms with Gasteiger partial charge >= 0.3 is 0 Å². The van der Waals surface area contributed by atoms with Gasteiger partial charge in [0.25, 0.3) is 0 Å². The average Bonchev–Trinajstić information content (AvgIpc) is 3.03. The van der Waals surface area contributed by atoms with Gasteiger partial charge in [-0.1, -0.05) is 18.2 Å². The first kappa shape index (κ1) is 17.0. The molecule has 1 aromatic heterocycles. The number of fused-ring (bicyclic) bond motifs is 1. The quantitative estimate of drug-likeness (QED) is 0.771. The van der Waals surface area contributed by atoms with Crippen LogP contribution >= 0.6 is 0 Å². The molecule has 0 spiro atoms. The fraction of sp³-hybridized carbons (Fsp3) is 0.158. The van der Waals surface area contributed by atoms with Crippen LogP contribution < -0.4 is 10.2 Å². The van der Waals surface area contributed by atoms with E-state index in [0.29, 0.717) is 11.6 Å². The van der Waals surface area contributed by atoms with Crippen LogP contribution in [0.1, 0.15) is 6.42 Å². The maximum atomic E-state index is 13.9. The predicted octanol–water partition coefficient (Wildman–Crippen LogP) is 2.90. The zero-order chi connectivity index (χ0) is 19.0. The third-order valence-electron chi connectivity index (χ3n) is 4.42. The van der Waals surface area contributed by atoms with E-state index < -0.39 is 29.4 Å². The van der Waals surface area contributed by atoms with Gasteiger partial charge in [-0.25, -0.2) is 18.7 Å². The number of halogens is 2. The second-order valence-electron chi connectivity index (χ2n) is 6.24. The van der Waals surface area contributed by atoms with Crippen LogP contribution in [0.5, 0.6) is 0 Å². The molecule has 2 heterocycles. The van der Waals surface area contributed by atoms with Crippen molar-refractivity contribution >= 4 is 34.4 Å². The van der Waals surface area contributed by atoms with Crippen molar-refractivity contribution in [2.45, 2.75) is 6.42 Å². The Labute approximate surface area is 152 Å². The van der Waals surface area contributed by atoms with Gasteiger partial charge in [-0.2, -0.15) is 0 Å². The van der Waals surface area contributed by atoms with E-state index in [1.165, 1.54) is 6.07 Å². The molecule has 27 heavy (non-hydrogen) atoms. The lowest BCUT2D eigenvalue weighted by molar-refractivity contribution is -0.122. The largest absolute Gasteiger partial charge is 0.309 e. The molecule has 1 fully saturated rings. The highest BCUT2D eigenvalue weighted by Crippen LogP contribution is 2.28. The molecule has 1 N–H and O–H groups in total. The lowest BCUT2D eigenvalue weighted by atomic mass is 10.1. The van der Waals surface area contributed by atoms with Crippen molar-refractivity contribution in [3.05, 3.63) is 60.3 Å². The van der Waals surface area contributed by atoms with Crippen molar-refractivity contribution in [1.29, 1.82) is 0 Å². The molecular weight excluding hydrogens is 354 g/mol. The SMILES string of the molecule is O=C(Nc1ncc2ccccc2n1)C1CC(=O)N(c2ccc(F)cc2F)C1. The first-order chi connectivity index (χ1) is 13.0. The predicted molar refractivity (Wildman–Crippen MR) is 95.0 cm³/mol. The van der Waals surface area contributed by atoms with E-state index in [1.807, 2.05) is 18.2 Å². The third kappa shape index (κ3) is 3.33. The number of anilines is 2. The molecule has 136 valence electrons. The molecule has 4 rings (SSSR count). The zero-order valence-corrected chi connectivity index (χ0v) is 14.0. The van der Waals surface area contributed by atoms with E-state index >= 15 is 0 Å². The Morgan fingerprint density at radius 2 is 2.00 bits per heavy atom. The van der Waals surface area contributed by atoms with E-state index in [1.54, 1.807) is 12.3 Å². The molecular formula is C19H14F2N4O2. The molecule has 0 bridgehead atoms. The lowest BCUT2D eigenvalue weighted by Crippen LogP contribution is -2.29. The average molecular weight is 368 g/mol. The van der Waals surface area contributed by atoms with Crippen LogP contribution in [0.15, 0.2) is 48.7 Å². The van der Waals surface area contributed by atoms with Gasteiger partial charge in [0.05, 0.1) is 17.1 Å². The smallest absolute Gasteiger partial charge is 0.232 e. The van der Waals surface area contributed by atoms with Crippen LogP contribution in [0.2, 0.25) is 0 Å². The molecule has 1 unspecified atom stereocenters. The fourth-order valence-corrected chi connectivity index (χ4v) is 3.06. The van der Waals surface area contributed by atoms with E-state index in [9.17, 15) is 18.4 Å². The Balaban J connectivity index is 1.50. The second kappa shape index (κ2) is 6.71. The normalized spacial score (nSPS) is 16.7. The Hall–Kier alpha value is -3.42. The first-order valence-electron chi connectivity index (χ1n) is 8.29. The highest BCUT2D eigenvalue weighted by atomic mass is 19.1.